The zero-order valence-corrected chi connectivity index (χ0v) is 13.1. The SMILES string of the molecule is Cc1c(CO)cccc1S(=O)(=O)Nc1ncccc1Br. The summed E-state index contributed by atoms with van der Waals surface area (Å²) in [6, 6.07) is 8.17. The molecule has 0 aliphatic rings. The molecule has 0 atom stereocenters. The predicted molar refractivity (Wildman–Crippen MR) is 79.8 cm³/mol. The van der Waals surface area contributed by atoms with E-state index in [0.29, 0.717) is 15.6 Å². The molecule has 0 saturated carbocycles. The number of nitrogens with zero attached hydrogens (tertiary/aromatic N) is 1. The van der Waals surface area contributed by atoms with Gasteiger partial charge in [-0.3, -0.25) is 4.72 Å². The number of hydrogen-bond acceptors (Lipinski definition) is 4. The predicted octanol–water partition coefficient (Wildman–Crippen LogP) is 2.45. The Morgan fingerprint density at radius 3 is 2.70 bits per heavy atom. The van der Waals surface area contributed by atoms with Crippen molar-refractivity contribution in [1.29, 1.82) is 0 Å². The Balaban J connectivity index is 2.44. The maximum atomic E-state index is 12.4. The molecule has 0 amide bonds. The minimum absolute atomic E-state index is 0.126. The van der Waals surface area contributed by atoms with Crippen molar-refractivity contribution in [2.75, 3.05) is 4.72 Å². The fourth-order valence-electron chi connectivity index (χ4n) is 1.77. The highest BCUT2D eigenvalue weighted by Crippen LogP contribution is 2.24. The first-order valence-corrected chi connectivity index (χ1v) is 8.06. The van der Waals surface area contributed by atoms with Crippen LogP contribution in [0.4, 0.5) is 5.82 Å². The van der Waals surface area contributed by atoms with E-state index in [2.05, 4.69) is 25.6 Å². The summed E-state index contributed by atoms with van der Waals surface area (Å²) < 4.78 is 27.8. The normalized spacial score (nSPS) is 11.3. The molecule has 2 N–H and O–H groups in total. The second-order valence-corrected chi connectivity index (χ2v) is 6.64. The largest absolute Gasteiger partial charge is 0.392 e. The van der Waals surface area contributed by atoms with E-state index in [0.717, 1.165) is 0 Å². The van der Waals surface area contributed by atoms with Gasteiger partial charge in [-0.15, -0.1) is 0 Å². The maximum absolute atomic E-state index is 12.4. The molecule has 0 bridgehead atoms. The van der Waals surface area contributed by atoms with Crippen LogP contribution in [0.2, 0.25) is 0 Å². The Labute approximate surface area is 125 Å². The number of halogens is 1. The Kier molecular flexibility index (Phi) is 4.42. The maximum Gasteiger partial charge on any atom is 0.263 e. The second kappa shape index (κ2) is 5.90. The van der Waals surface area contributed by atoms with E-state index in [1.54, 1.807) is 31.2 Å². The molecule has 0 radical (unpaired) electrons. The smallest absolute Gasteiger partial charge is 0.263 e. The van der Waals surface area contributed by atoms with Gasteiger partial charge in [-0.25, -0.2) is 13.4 Å². The quantitative estimate of drug-likeness (QED) is 0.881. The van der Waals surface area contributed by atoms with Crippen molar-refractivity contribution in [2.24, 2.45) is 0 Å². The van der Waals surface area contributed by atoms with Crippen LogP contribution in [0.1, 0.15) is 11.1 Å². The summed E-state index contributed by atoms with van der Waals surface area (Å²) in [4.78, 5) is 4.10. The van der Waals surface area contributed by atoms with Crippen molar-refractivity contribution in [3.05, 3.63) is 52.1 Å². The van der Waals surface area contributed by atoms with Crippen LogP contribution in [-0.4, -0.2) is 18.5 Å². The van der Waals surface area contributed by atoms with E-state index >= 15 is 0 Å². The number of sulfonamides is 1. The van der Waals surface area contributed by atoms with Crippen molar-refractivity contribution < 1.29 is 13.5 Å². The molecule has 0 aliphatic heterocycles. The Morgan fingerprint density at radius 1 is 1.30 bits per heavy atom. The highest BCUT2D eigenvalue weighted by atomic mass is 79.9. The number of anilines is 1. The zero-order chi connectivity index (χ0) is 14.8. The van der Waals surface area contributed by atoms with E-state index in [9.17, 15) is 13.5 Å². The molecule has 2 aromatic rings. The summed E-state index contributed by atoms with van der Waals surface area (Å²) in [7, 11) is -3.75. The van der Waals surface area contributed by atoms with Gasteiger partial charge in [-0.05, 0) is 52.2 Å². The molecule has 0 fully saturated rings. The third-order valence-corrected chi connectivity index (χ3v) is 4.97. The van der Waals surface area contributed by atoms with Crippen LogP contribution in [0, 0.1) is 6.92 Å². The number of aliphatic hydroxyl groups is 1. The Morgan fingerprint density at radius 2 is 2.05 bits per heavy atom. The number of pyridine rings is 1. The molecule has 20 heavy (non-hydrogen) atoms. The van der Waals surface area contributed by atoms with E-state index < -0.39 is 10.0 Å². The van der Waals surface area contributed by atoms with Crippen molar-refractivity contribution in [2.45, 2.75) is 18.4 Å². The molecule has 0 aliphatic carbocycles. The molecule has 1 heterocycles. The standard InChI is InChI=1S/C13H13BrN2O3S/c1-9-10(8-17)4-2-6-12(9)20(18,19)16-13-11(14)5-3-7-15-13/h2-7,17H,8H2,1H3,(H,15,16). The lowest BCUT2D eigenvalue weighted by atomic mass is 10.1. The highest BCUT2D eigenvalue weighted by molar-refractivity contribution is 9.10. The summed E-state index contributed by atoms with van der Waals surface area (Å²) >= 11 is 3.24. The minimum Gasteiger partial charge on any atom is -0.392 e. The topological polar surface area (TPSA) is 79.3 Å². The molecule has 5 nitrogen and oxygen atoms in total. The van der Waals surface area contributed by atoms with Crippen LogP contribution in [-0.2, 0) is 16.6 Å². The Hall–Kier alpha value is -1.44. The van der Waals surface area contributed by atoms with Gasteiger partial charge in [0.2, 0.25) is 0 Å². The lowest BCUT2D eigenvalue weighted by Gasteiger charge is -2.12. The highest BCUT2D eigenvalue weighted by Gasteiger charge is 2.19. The van der Waals surface area contributed by atoms with Gasteiger partial charge in [0.15, 0.2) is 5.82 Å². The van der Waals surface area contributed by atoms with E-state index in [1.165, 1.54) is 12.3 Å². The fourth-order valence-corrected chi connectivity index (χ4v) is 3.57. The van der Waals surface area contributed by atoms with Crippen LogP contribution in [0.25, 0.3) is 0 Å². The number of benzene rings is 1. The lowest BCUT2D eigenvalue weighted by Crippen LogP contribution is -2.16. The van der Waals surface area contributed by atoms with Crippen LogP contribution in [0.3, 0.4) is 0 Å². The molecule has 0 unspecified atom stereocenters. The second-order valence-electron chi connectivity index (χ2n) is 4.14. The third kappa shape index (κ3) is 3.00. The van der Waals surface area contributed by atoms with Crippen molar-refractivity contribution in [3.63, 3.8) is 0 Å². The van der Waals surface area contributed by atoms with Crippen molar-refractivity contribution in [1.82, 2.24) is 4.98 Å². The third-order valence-electron chi connectivity index (χ3n) is 2.85. The first-order valence-electron chi connectivity index (χ1n) is 5.78. The summed E-state index contributed by atoms with van der Waals surface area (Å²) in [5.41, 5.74) is 1.10. The van der Waals surface area contributed by atoms with E-state index in [4.69, 9.17) is 0 Å². The molecule has 106 valence electrons. The van der Waals surface area contributed by atoms with Crippen LogP contribution < -0.4 is 4.72 Å². The molecule has 1 aromatic carbocycles. The first-order chi connectivity index (χ1) is 9.45. The van der Waals surface area contributed by atoms with Gasteiger partial charge in [-0.2, -0.15) is 0 Å². The number of aromatic nitrogens is 1. The van der Waals surface area contributed by atoms with Gasteiger partial charge < -0.3 is 5.11 Å². The van der Waals surface area contributed by atoms with Gasteiger partial charge in [0.25, 0.3) is 10.0 Å². The zero-order valence-electron chi connectivity index (χ0n) is 10.7. The molecule has 2 rings (SSSR count). The molecular weight excluding hydrogens is 344 g/mol. The lowest BCUT2D eigenvalue weighted by molar-refractivity contribution is 0.280. The fraction of sp³-hybridized carbons (Fsp3) is 0.154. The van der Waals surface area contributed by atoms with Crippen LogP contribution >= 0.6 is 15.9 Å². The van der Waals surface area contributed by atoms with E-state index in [1.807, 2.05) is 0 Å². The molecule has 0 spiro atoms. The van der Waals surface area contributed by atoms with Crippen LogP contribution in [0.5, 0.6) is 0 Å². The number of nitrogens with one attached hydrogen (secondary N) is 1. The van der Waals surface area contributed by atoms with E-state index in [-0.39, 0.29) is 17.3 Å². The van der Waals surface area contributed by atoms with Crippen molar-refractivity contribution >= 4 is 31.8 Å². The summed E-state index contributed by atoms with van der Waals surface area (Å²) in [5.74, 6) is 0.223. The first kappa shape index (κ1) is 15.0. The van der Waals surface area contributed by atoms with Gasteiger partial charge in [-0.1, -0.05) is 12.1 Å². The molecule has 1 aromatic heterocycles. The van der Waals surface area contributed by atoms with Gasteiger partial charge in [0.1, 0.15) is 0 Å². The Bertz CT molecular complexity index is 732. The molecule has 7 heteroatoms. The minimum atomic E-state index is -3.75. The average molecular weight is 357 g/mol. The van der Waals surface area contributed by atoms with Gasteiger partial charge in [0, 0.05) is 6.20 Å². The molecule has 0 saturated heterocycles. The monoisotopic (exact) mass is 356 g/mol. The van der Waals surface area contributed by atoms with Gasteiger partial charge in [0.05, 0.1) is 16.0 Å². The number of hydrogen-bond donors (Lipinski definition) is 2. The molecular formula is C13H13BrN2O3S. The summed E-state index contributed by atoms with van der Waals surface area (Å²) in [5, 5.41) is 9.21. The average Bonchev–Trinajstić information content (AvgIpc) is 2.41. The summed E-state index contributed by atoms with van der Waals surface area (Å²) in [6.45, 7) is 1.45. The van der Waals surface area contributed by atoms with Gasteiger partial charge >= 0.3 is 0 Å². The van der Waals surface area contributed by atoms with Crippen LogP contribution in [0.15, 0.2) is 45.9 Å². The summed E-state index contributed by atoms with van der Waals surface area (Å²) in [6.07, 6.45) is 1.50. The van der Waals surface area contributed by atoms with Crippen molar-refractivity contribution in [3.8, 4) is 0 Å². The number of aliphatic hydroxyl groups excluding tert-OH is 1. The number of rotatable bonds is 4.